The SMILES string of the molecule is Cc1cc(C2(C)CNc3cnc(N)cc32)cc(C)c1N. The van der Waals surface area contributed by atoms with Crippen molar-refractivity contribution in [3.05, 3.63) is 46.6 Å². The van der Waals surface area contributed by atoms with Crippen molar-refractivity contribution in [3.8, 4) is 0 Å². The second kappa shape index (κ2) is 4.13. The summed E-state index contributed by atoms with van der Waals surface area (Å²) in [4.78, 5) is 4.15. The van der Waals surface area contributed by atoms with Crippen LogP contribution in [0, 0.1) is 13.8 Å². The Morgan fingerprint density at radius 3 is 2.45 bits per heavy atom. The van der Waals surface area contributed by atoms with Gasteiger partial charge in [-0.1, -0.05) is 12.1 Å². The molecule has 0 aliphatic carbocycles. The topological polar surface area (TPSA) is 77.0 Å². The number of rotatable bonds is 1. The van der Waals surface area contributed by atoms with Crippen LogP contribution in [0.2, 0.25) is 0 Å². The summed E-state index contributed by atoms with van der Waals surface area (Å²) in [5, 5.41) is 3.42. The number of nitrogen functional groups attached to an aromatic ring is 2. The summed E-state index contributed by atoms with van der Waals surface area (Å²) in [6.45, 7) is 7.19. The number of hydrogen-bond acceptors (Lipinski definition) is 4. The smallest absolute Gasteiger partial charge is 0.123 e. The van der Waals surface area contributed by atoms with E-state index in [0.717, 1.165) is 29.0 Å². The summed E-state index contributed by atoms with van der Waals surface area (Å²) >= 11 is 0. The van der Waals surface area contributed by atoms with Crippen molar-refractivity contribution in [3.63, 3.8) is 0 Å². The Kier molecular flexibility index (Phi) is 2.64. The van der Waals surface area contributed by atoms with Crippen LogP contribution < -0.4 is 16.8 Å². The summed E-state index contributed by atoms with van der Waals surface area (Å²) < 4.78 is 0. The third-order valence-corrected chi connectivity index (χ3v) is 4.38. The lowest BCUT2D eigenvalue weighted by Gasteiger charge is -2.26. The summed E-state index contributed by atoms with van der Waals surface area (Å²) in [7, 11) is 0. The van der Waals surface area contributed by atoms with Crippen LogP contribution in [0.25, 0.3) is 0 Å². The summed E-state index contributed by atoms with van der Waals surface area (Å²) in [6, 6.07) is 6.32. The van der Waals surface area contributed by atoms with Gasteiger partial charge in [0, 0.05) is 17.6 Å². The summed E-state index contributed by atoms with van der Waals surface area (Å²) in [5.74, 6) is 0.558. The van der Waals surface area contributed by atoms with E-state index in [2.05, 4.69) is 43.2 Å². The molecule has 4 heteroatoms. The maximum Gasteiger partial charge on any atom is 0.123 e. The van der Waals surface area contributed by atoms with Gasteiger partial charge in [0.25, 0.3) is 0 Å². The van der Waals surface area contributed by atoms with E-state index in [-0.39, 0.29) is 5.41 Å². The van der Waals surface area contributed by atoms with Gasteiger partial charge >= 0.3 is 0 Å². The highest BCUT2D eigenvalue weighted by Gasteiger charge is 2.36. The van der Waals surface area contributed by atoms with E-state index in [1.807, 2.05) is 12.3 Å². The van der Waals surface area contributed by atoms with E-state index in [1.165, 1.54) is 11.1 Å². The third kappa shape index (κ3) is 1.72. The molecule has 3 rings (SSSR count). The zero-order chi connectivity index (χ0) is 14.5. The molecule has 104 valence electrons. The van der Waals surface area contributed by atoms with Gasteiger partial charge in [0.05, 0.1) is 11.9 Å². The molecular weight excluding hydrogens is 248 g/mol. The third-order valence-electron chi connectivity index (χ3n) is 4.38. The van der Waals surface area contributed by atoms with Crippen molar-refractivity contribution in [2.75, 3.05) is 23.3 Å². The van der Waals surface area contributed by atoms with Gasteiger partial charge in [-0.15, -0.1) is 0 Å². The van der Waals surface area contributed by atoms with E-state index in [9.17, 15) is 0 Å². The van der Waals surface area contributed by atoms with Crippen molar-refractivity contribution in [1.82, 2.24) is 4.98 Å². The molecule has 2 aromatic rings. The number of aryl methyl sites for hydroxylation is 2. The highest BCUT2D eigenvalue weighted by molar-refractivity contribution is 5.67. The van der Waals surface area contributed by atoms with Crippen molar-refractivity contribution >= 4 is 17.2 Å². The Hall–Kier alpha value is -2.23. The van der Waals surface area contributed by atoms with Gasteiger partial charge in [-0.2, -0.15) is 0 Å². The van der Waals surface area contributed by atoms with Crippen LogP contribution in [-0.2, 0) is 5.41 Å². The van der Waals surface area contributed by atoms with Crippen LogP contribution in [0.5, 0.6) is 0 Å². The molecular formula is C16H20N4. The standard InChI is InChI=1S/C16H20N4/c1-9-4-11(5-10(2)15(9)18)16(3)8-20-13-7-19-14(17)6-12(13)16/h4-7,20H,8,18H2,1-3H3,(H2,17,19). The average molecular weight is 268 g/mol. The van der Waals surface area contributed by atoms with Crippen LogP contribution in [-0.4, -0.2) is 11.5 Å². The minimum absolute atomic E-state index is 0.102. The molecule has 1 aliphatic heterocycles. The van der Waals surface area contributed by atoms with Gasteiger partial charge in [0.2, 0.25) is 0 Å². The van der Waals surface area contributed by atoms with Crippen molar-refractivity contribution in [2.24, 2.45) is 0 Å². The number of nitrogens with zero attached hydrogens (tertiary/aromatic N) is 1. The fourth-order valence-electron chi connectivity index (χ4n) is 2.99. The molecule has 5 N–H and O–H groups in total. The Bertz CT molecular complexity index is 670. The predicted molar refractivity (Wildman–Crippen MR) is 83.9 cm³/mol. The molecule has 1 aromatic carbocycles. The molecule has 0 bridgehead atoms. The largest absolute Gasteiger partial charge is 0.398 e. The maximum atomic E-state index is 6.07. The number of hydrogen-bond donors (Lipinski definition) is 3. The number of nitrogens with two attached hydrogens (primary N) is 2. The highest BCUT2D eigenvalue weighted by Crippen LogP contribution is 2.42. The highest BCUT2D eigenvalue weighted by atomic mass is 15.0. The molecule has 0 fully saturated rings. The van der Waals surface area contributed by atoms with Crippen LogP contribution in [0.15, 0.2) is 24.4 Å². The minimum Gasteiger partial charge on any atom is -0.398 e. The number of aromatic nitrogens is 1. The summed E-state index contributed by atoms with van der Waals surface area (Å²) in [5.41, 5.74) is 18.5. The van der Waals surface area contributed by atoms with E-state index in [1.54, 1.807) is 0 Å². The van der Waals surface area contributed by atoms with Crippen LogP contribution in [0.3, 0.4) is 0 Å². The lowest BCUT2D eigenvalue weighted by molar-refractivity contribution is 0.634. The molecule has 1 aliphatic rings. The molecule has 1 atom stereocenters. The number of fused-ring (bicyclic) bond motifs is 1. The first-order valence-electron chi connectivity index (χ1n) is 6.79. The number of anilines is 3. The van der Waals surface area contributed by atoms with E-state index >= 15 is 0 Å². The molecule has 0 saturated carbocycles. The molecule has 0 saturated heterocycles. The van der Waals surface area contributed by atoms with Crippen molar-refractivity contribution in [2.45, 2.75) is 26.2 Å². The summed E-state index contributed by atoms with van der Waals surface area (Å²) in [6.07, 6.45) is 1.81. The average Bonchev–Trinajstić information content (AvgIpc) is 2.74. The molecule has 1 aromatic heterocycles. The Morgan fingerprint density at radius 1 is 1.15 bits per heavy atom. The van der Waals surface area contributed by atoms with Crippen molar-refractivity contribution in [1.29, 1.82) is 0 Å². The van der Waals surface area contributed by atoms with Crippen molar-refractivity contribution < 1.29 is 0 Å². The Balaban J connectivity index is 2.19. The minimum atomic E-state index is -0.102. The molecule has 20 heavy (non-hydrogen) atoms. The Morgan fingerprint density at radius 2 is 1.80 bits per heavy atom. The van der Waals surface area contributed by atoms with Gasteiger partial charge in [0.15, 0.2) is 0 Å². The fourth-order valence-corrected chi connectivity index (χ4v) is 2.99. The normalized spacial score (nSPS) is 20.6. The quantitative estimate of drug-likeness (QED) is 0.695. The zero-order valence-electron chi connectivity index (χ0n) is 12.1. The molecule has 0 radical (unpaired) electrons. The number of pyridine rings is 1. The monoisotopic (exact) mass is 268 g/mol. The zero-order valence-corrected chi connectivity index (χ0v) is 12.1. The van der Waals surface area contributed by atoms with Gasteiger partial charge in [-0.25, -0.2) is 4.98 Å². The van der Waals surface area contributed by atoms with E-state index in [4.69, 9.17) is 11.5 Å². The van der Waals surface area contributed by atoms with Gasteiger partial charge in [-0.3, -0.25) is 0 Å². The van der Waals surface area contributed by atoms with Gasteiger partial charge < -0.3 is 16.8 Å². The van der Waals surface area contributed by atoms with Gasteiger partial charge in [-0.05, 0) is 49.1 Å². The van der Waals surface area contributed by atoms with Crippen LogP contribution in [0.4, 0.5) is 17.2 Å². The molecule has 0 amide bonds. The van der Waals surface area contributed by atoms with Crippen LogP contribution >= 0.6 is 0 Å². The van der Waals surface area contributed by atoms with Gasteiger partial charge in [0.1, 0.15) is 5.82 Å². The lowest BCUT2D eigenvalue weighted by atomic mass is 9.77. The first-order chi connectivity index (χ1) is 9.41. The Labute approximate surface area is 119 Å². The lowest BCUT2D eigenvalue weighted by Crippen LogP contribution is -2.26. The molecule has 2 heterocycles. The molecule has 1 unspecified atom stereocenters. The first-order valence-corrected chi connectivity index (χ1v) is 6.79. The molecule has 4 nitrogen and oxygen atoms in total. The second-order valence-electron chi connectivity index (χ2n) is 5.86. The predicted octanol–water partition coefficient (Wildman–Crippen LogP) is 2.59. The van der Waals surface area contributed by atoms with E-state index < -0.39 is 0 Å². The maximum absolute atomic E-state index is 6.07. The first kappa shape index (κ1) is 12.8. The number of nitrogens with one attached hydrogen (secondary N) is 1. The molecule has 0 spiro atoms. The van der Waals surface area contributed by atoms with Crippen LogP contribution in [0.1, 0.15) is 29.2 Å². The number of benzene rings is 1. The second-order valence-corrected chi connectivity index (χ2v) is 5.86. The van der Waals surface area contributed by atoms with E-state index in [0.29, 0.717) is 5.82 Å². The fraction of sp³-hybridized carbons (Fsp3) is 0.312.